The Kier molecular flexibility index (Phi) is 31.8. The fourth-order valence-electron chi connectivity index (χ4n) is 4.29. The number of methoxy groups -OCH3 is 2. The summed E-state index contributed by atoms with van der Waals surface area (Å²) in [7, 11) is 9.50. The summed E-state index contributed by atoms with van der Waals surface area (Å²) in [5.41, 5.74) is 5.33. The number of halogens is 1. The number of aromatic nitrogens is 3. The number of rotatable bonds is 8. The average Bonchev–Trinajstić information content (AvgIpc) is 3.80. The molecule has 0 fully saturated rings. The van der Waals surface area contributed by atoms with E-state index in [1.54, 1.807) is 135 Å². The summed E-state index contributed by atoms with van der Waals surface area (Å²) >= 11 is 0. The molecule has 3 aromatic heterocycles. The highest BCUT2D eigenvalue weighted by Gasteiger charge is 2.20. The number of nitrogen functional groups attached to an aromatic ring is 1. The van der Waals surface area contributed by atoms with Crippen molar-refractivity contribution in [2.24, 2.45) is 21.1 Å². The lowest BCUT2D eigenvalue weighted by Crippen LogP contribution is -2.27. The smallest absolute Gasteiger partial charge is 0.412 e. The lowest BCUT2D eigenvalue weighted by molar-refractivity contribution is -0.158. The summed E-state index contributed by atoms with van der Waals surface area (Å²) in [4.78, 5) is 76.4. The molecule has 0 aliphatic heterocycles. The standard InChI is InChI=1S/2C11H16N2O4.C7H10N2O2.C7H14O3.C6H12O3.C2H6O.ClH/c2*1-11(2,3)17-10(16)12-7-5-8(9(14)15)13(4)6-7;1-9-4-5(8)3-6(9)7(10)11-2;1-7(2,3)10-6(9)4-5-8;1-6(2,3)9-5(8)4-7;1-3-2;/h2*5-6H,1-4H3,(H,12,16)(H,14,15);3-4H,8H2,1-2H3;8H,4-5H2,1-3H3;7H,4H2,1-3H3;1-2H3;1H. The number of ether oxygens (including phenoxy) is 6. The van der Waals surface area contributed by atoms with Crippen LogP contribution in [0.5, 0.6) is 0 Å². The van der Waals surface area contributed by atoms with Crippen LogP contribution in [0.4, 0.5) is 26.7 Å². The number of amides is 2. The monoisotopic (exact) mass is 994 g/mol. The quantitative estimate of drug-likeness (QED) is 0.0968. The number of nitrogens with one attached hydrogen (secondary N) is 2. The summed E-state index contributed by atoms with van der Waals surface area (Å²) in [5.74, 6) is -3.41. The van der Waals surface area contributed by atoms with Gasteiger partial charge < -0.3 is 68.3 Å². The van der Waals surface area contributed by atoms with Crippen molar-refractivity contribution in [1.82, 2.24) is 13.7 Å². The molecule has 0 bridgehead atoms. The number of aryl methyl sites for hydroxylation is 3. The molecule has 0 radical (unpaired) electrons. The number of anilines is 3. The van der Waals surface area contributed by atoms with E-state index in [1.165, 1.54) is 40.8 Å². The molecule has 23 nitrogen and oxygen atoms in total. The predicted octanol–water partition coefficient (Wildman–Crippen LogP) is 6.25. The highest BCUT2D eigenvalue weighted by atomic mass is 35.5. The van der Waals surface area contributed by atoms with E-state index in [-0.39, 0.29) is 48.8 Å². The highest BCUT2D eigenvalue weighted by molar-refractivity contribution is 5.92. The Morgan fingerprint density at radius 2 is 0.882 bits per heavy atom. The number of nitrogens with zero attached hydrogens (tertiary/aromatic N) is 3. The van der Waals surface area contributed by atoms with Crippen molar-refractivity contribution in [3.8, 4) is 0 Å². The van der Waals surface area contributed by atoms with E-state index in [2.05, 4.69) is 20.1 Å². The van der Waals surface area contributed by atoms with Crippen LogP contribution >= 0.6 is 12.4 Å². The molecular weight excluding hydrogens is 920 g/mol. The number of hydrogen-bond donors (Lipinski definition) is 7. The maximum absolute atomic E-state index is 11.4. The van der Waals surface area contributed by atoms with Crippen LogP contribution in [0.1, 0.15) is 121 Å². The fraction of sp³-hybridized carbons (Fsp3) is 0.568. The third-order valence-corrected chi connectivity index (χ3v) is 6.44. The van der Waals surface area contributed by atoms with E-state index < -0.39 is 59.1 Å². The molecule has 24 heteroatoms. The summed E-state index contributed by atoms with van der Waals surface area (Å²) in [6.45, 7) is 20.4. The van der Waals surface area contributed by atoms with Gasteiger partial charge in [-0.05, 0) is 101 Å². The topological polar surface area (TPSA) is 321 Å². The summed E-state index contributed by atoms with van der Waals surface area (Å²) in [5, 5.41) is 39.2. The van der Waals surface area contributed by atoms with Gasteiger partial charge in [-0.3, -0.25) is 15.4 Å². The summed E-state index contributed by atoms with van der Waals surface area (Å²) in [6.07, 6.45) is 3.53. The van der Waals surface area contributed by atoms with Crippen LogP contribution in [-0.2, 0) is 59.2 Å². The Labute approximate surface area is 404 Å². The number of esters is 3. The van der Waals surface area contributed by atoms with Gasteiger partial charge in [-0.2, -0.15) is 0 Å². The van der Waals surface area contributed by atoms with E-state index in [1.807, 2.05) is 0 Å². The van der Waals surface area contributed by atoms with Crippen molar-refractivity contribution >= 4 is 71.5 Å². The Balaban J connectivity index is -0.000000378. The Morgan fingerprint density at radius 3 is 1.10 bits per heavy atom. The molecule has 8 N–H and O–H groups in total. The lowest BCUT2D eigenvalue weighted by atomic mass is 10.2. The maximum atomic E-state index is 11.4. The molecule has 0 aromatic carbocycles. The maximum Gasteiger partial charge on any atom is 0.412 e. The molecule has 0 aliphatic rings. The molecular formula is C44H75ClN6O17. The number of carbonyl (C=O) groups excluding carboxylic acids is 5. The van der Waals surface area contributed by atoms with Gasteiger partial charge in [-0.25, -0.2) is 28.8 Å². The third kappa shape index (κ3) is 35.0. The van der Waals surface area contributed by atoms with Crippen LogP contribution in [0.15, 0.2) is 36.8 Å². The van der Waals surface area contributed by atoms with Crippen molar-refractivity contribution in [3.05, 3.63) is 53.9 Å². The van der Waals surface area contributed by atoms with E-state index in [0.717, 1.165) is 0 Å². The Morgan fingerprint density at radius 1 is 0.559 bits per heavy atom. The highest BCUT2D eigenvalue weighted by Crippen LogP contribution is 2.17. The van der Waals surface area contributed by atoms with E-state index >= 15 is 0 Å². The molecule has 3 aromatic rings. The number of aromatic carboxylic acids is 2. The zero-order valence-corrected chi connectivity index (χ0v) is 43.3. The number of hydrogen-bond acceptors (Lipinski definition) is 16. The molecule has 0 saturated heterocycles. The van der Waals surface area contributed by atoms with E-state index in [4.69, 9.17) is 45.1 Å². The van der Waals surface area contributed by atoms with Crippen LogP contribution in [0, 0.1) is 0 Å². The number of carboxylic acids is 2. The first-order chi connectivity index (χ1) is 30.3. The van der Waals surface area contributed by atoms with Crippen molar-refractivity contribution < 1.29 is 82.4 Å². The third-order valence-electron chi connectivity index (χ3n) is 6.44. The SMILES string of the molecule is CC(C)(C)OC(=O)CCO.CC(C)(C)OC(=O)CO.COC.COC(=O)c1cc(N)cn1C.Cl.Cn1cc(NC(=O)OC(C)(C)C)cc1C(=O)O.Cn1cc(NC(=O)OC(C)(C)C)cc1C(=O)O. The van der Waals surface area contributed by atoms with Gasteiger partial charge in [-0.1, -0.05) is 0 Å². The zero-order valence-electron chi connectivity index (χ0n) is 42.5. The van der Waals surface area contributed by atoms with Crippen molar-refractivity contribution in [1.29, 1.82) is 0 Å². The first kappa shape index (κ1) is 68.3. The molecule has 2 amide bonds. The molecule has 390 valence electrons. The number of nitrogens with two attached hydrogens (primary N) is 1. The molecule has 3 rings (SSSR count). The van der Waals surface area contributed by atoms with Gasteiger partial charge in [-0.15, -0.1) is 12.4 Å². The zero-order chi connectivity index (χ0) is 53.3. The van der Waals surface area contributed by atoms with Gasteiger partial charge in [0.2, 0.25) is 0 Å². The van der Waals surface area contributed by atoms with Gasteiger partial charge in [0.1, 0.15) is 46.1 Å². The molecule has 0 spiro atoms. The lowest BCUT2D eigenvalue weighted by Gasteiger charge is -2.19. The molecule has 0 aliphatic carbocycles. The average molecular weight is 996 g/mol. The second-order valence-corrected chi connectivity index (χ2v) is 17.8. The van der Waals surface area contributed by atoms with Crippen LogP contribution in [0.3, 0.4) is 0 Å². The normalized spacial score (nSPS) is 10.5. The Bertz CT molecular complexity index is 1950. The van der Waals surface area contributed by atoms with Crippen molar-refractivity contribution in [2.45, 2.75) is 112 Å². The van der Waals surface area contributed by atoms with Gasteiger partial charge >= 0.3 is 42.0 Å². The van der Waals surface area contributed by atoms with Gasteiger partial charge in [0, 0.05) is 54.0 Å². The van der Waals surface area contributed by atoms with Crippen LogP contribution in [0.25, 0.3) is 0 Å². The van der Waals surface area contributed by atoms with Gasteiger partial charge in [0.05, 0.1) is 37.2 Å². The van der Waals surface area contributed by atoms with Crippen molar-refractivity contribution in [2.75, 3.05) is 50.9 Å². The van der Waals surface area contributed by atoms with Crippen molar-refractivity contribution in [3.63, 3.8) is 0 Å². The van der Waals surface area contributed by atoms with Crippen LogP contribution in [-0.4, -0.2) is 133 Å². The summed E-state index contributed by atoms with van der Waals surface area (Å²) < 4.78 is 32.9. The second-order valence-electron chi connectivity index (χ2n) is 17.8. The van der Waals surface area contributed by atoms with Crippen LogP contribution in [0.2, 0.25) is 0 Å². The second kappa shape index (κ2) is 31.6. The molecule has 0 atom stereocenters. The molecule has 68 heavy (non-hydrogen) atoms. The largest absolute Gasteiger partial charge is 0.477 e. The minimum Gasteiger partial charge on any atom is -0.477 e. The first-order valence-corrected chi connectivity index (χ1v) is 20.2. The fourth-order valence-corrected chi connectivity index (χ4v) is 4.29. The van der Waals surface area contributed by atoms with E-state index in [0.29, 0.717) is 22.8 Å². The predicted molar refractivity (Wildman–Crippen MR) is 256 cm³/mol. The summed E-state index contributed by atoms with van der Waals surface area (Å²) in [6, 6.07) is 4.31. The molecule has 0 unspecified atom stereocenters. The molecule has 3 heterocycles. The number of carbonyl (C=O) groups is 7. The van der Waals surface area contributed by atoms with Crippen LogP contribution < -0.4 is 16.4 Å². The molecule has 0 saturated carbocycles. The van der Waals surface area contributed by atoms with Gasteiger partial charge in [0.15, 0.2) is 0 Å². The van der Waals surface area contributed by atoms with Gasteiger partial charge in [0.25, 0.3) is 0 Å². The number of carboxylic acid groups (broad SMARTS) is 2. The first-order valence-electron chi connectivity index (χ1n) is 20.2. The minimum absolute atomic E-state index is 0. The Hall–Kier alpha value is -6.30. The number of aliphatic hydroxyl groups is 2. The van der Waals surface area contributed by atoms with E-state index in [9.17, 15) is 33.6 Å². The number of aliphatic hydroxyl groups excluding tert-OH is 2. The minimum atomic E-state index is -1.05.